The Kier molecular flexibility index (Phi) is 5.72. The summed E-state index contributed by atoms with van der Waals surface area (Å²) in [6, 6.07) is 8.99. The molecule has 0 N–H and O–H groups in total. The molecule has 11 nitrogen and oxygen atoms in total. The Morgan fingerprint density at radius 1 is 0.906 bits per heavy atom. The predicted molar refractivity (Wildman–Crippen MR) is 114 cm³/mol. The van der Waals surface area contributed by atoms with Crippen molar-refractivity contribution in [1.82, 2.24) is 9.29 Å². The van der Waals surface area contributed by atoms with Gasteiger partial charge in [-0.15, -0.1) is 0 Å². The van der Waals surface area contributed by atoms with Crippen molar-refractivity contribution in [3.63, 3.8) is 0 Å². The first kappa shape index (κ1) is 21.6. The minimum atomic E-state index is -3.87. The molecule has 4 rings (SSSR count). The number of ether oxygens (including phenoxy) is 1. The number of aromatic nitrogens is 1. The molecule has 32 heavy (non-hydrogen) atoms. The summed E-state index contributed by atoms with van der Waals surface area (Å²) >= 11 is 0. The summed E-state index contributed by atoms with van der Waals surface area (Å²) in [5, 5.41) is 23.2. The van der Waals surface area contributed by atoms with Crippen molar-refractivity contribution in [2.24, 2.45) is 0 Å². The number of pyridine rings is 1. The summed E-state index contributed by atoms with van der Waals surface area (Å²) in [4.78, 5) is 25.6. The largest absolute Gasteiger partial charge is 0.448 e. The molecule has 1 fully saturated rings. The minimum absolute atomic E-state index is 0.0703. The van der Waals surface area contributed by atoms with Gasteiger partial charge in [0.25, 0.3) is 5.69 Å². The van der Waals surface area contributed by atoms with E-state index in [1.807, 2.05) is 0 Å². The van der Waals surface area contributed by atoms with E-state index < -0.39 is 25.6 Å². The number of nitrogens with zero attached hydrogens (tertiary/aromatic N) is 4. The molecule has 12 heteroatoms. The summed E-state index contributed by atoms with van der Waals surface area (Å²) in [6.45, 7) is 0.740. The summed E-state index contributed by atoms with van der Waals surface area (Å²) in [5.74, 6) is -0.130. The molecular formula is C20H18N4O7S. The van der Waals surface area contributed by atoms with Crippen LogP contribution in [0.15, 0.2) is 53.6 Å². The minimum Gasteiger partial charge on any atom is -0.448 e. The molecule has 1 saturated heterocycles. The Bertz CT molecular complexity index is 1320. The molecule has 0 spiro atoms. The van der Waals surface area contributed by atoms with Gasteiger partial charge in [0.15, 0.2) is 5.75 Å². The summed E-state index contributed by atoms with van der Waals surface area (Å²) in [5.41, 5.74) is -0.565. The van der Waals surface area contributed by atoms with Crippen LogP contribution in [0, 0.1) is 20.2 Å². The third kappa shape index (κ3) is 3.97. The molecule has 0 amide bonds. The fourth-order valence-corrected chi connectivity index (χ4v) is 5.17. The van der Waals surface area contributed by atoms with E-state index in [-0.39, 0.29) is 33.0 Å². The molecule has 0 radical (unpaired) electrons. The third-order valence-electron chi connectivity index (χ3n) is 5.21. The van der Waals surface area contributed by atoms with Crippen LogP contribution < -0.4 is 4.74 Å². The van der Waals surface area contributed by atoms with E-state index in [0.29, 0.717) is 13.1 Å². The predicted octanol–water partition coefficient (Wildman–Crippen LogP) is 4.02. The summed E-state index contributed by atoms with van der Waals surface area (Å²) < 4.78 is 32.8. The Hall–Kier alpha value is -3.64. The molecule has 0 aliphatic carbocycles. The standard InChI is InChI=1S/C20H18N4O7S/c25-23(26)16-7-9-19(20-15(16)5-4-10-21-20)31-18-8-6-14(13-17(18)24(27)28)32(29,30)22-11-2-1-3-12-22/h4-10,13H,1-3,11-12H2. The number of nitro groups is 2. The van der Waals surface area contributed by atoms with Crippen molar-refractivity contribution < 1.29 is 23.0 Å². The number of non-ortho nitro benzene ring substituents is 1. The number of piperidine rings is 1. The second kappa shape index (κ2) is 8.48. The van der Waals surface area contributed by atoms with Crippen molar-refractivity contribution in [3.05, 3.63) is 68.9 Å². The lowest BCUT2D eigenvalue weighted by Gasteiger charge is -2.25. The lowest BCUT2D eigenvalue weighted by molar-refractivity contribution is -0.385. The highest BCUT2D eigenvalue weighted by Gasteiger charge is 2.29. The van der Waals surface area contributed by atoms with E-state index in [4.69, 9.17) is 4.74 Å². The van der Waals surface area contributed by atoms with Crippen LogP contribution in [0.1, 0.15) is 19.3 Å². The van der Waals surface area contributed by atoms with Crippen LogP contribution in [0.3, 0.4) is 0 Å². The molecule has 3 aromatic rings. The first-order chi connectivity index (χ1) is 15.3. The van der Waals surface area contributed by atoms with Crippen molar-refractivity contribution >= 4 is 32.3 Å². The summed E-state index contributed by atoms with van der Waals surface area (Å²) in [6.07, 6.45) is 3.84. The van der Waals surface area contributed by atoms with Gasteiger partial charge in [-0.25, -0.2) is 8.42 Å². The van der Waals surface area contributed by atoms with Crippen molar-refractivity contribution in [1.29, 1.82) is 0 Å². The zero-order chi connectivity index (χ0) is 22.9. The van der Waals surface area contributed by atoms with Crippen LogP contribution in [0.2, 0.25) is 0 Å². The van der Waals surface area contributed by atoms with E-state index in [9.17, 15) is 28.6 Å². The fraction of sp³-hybridized carbons (Fsp3) is 0.250. The van der Waals surface area contributed by atoms with Gasteiger partial charge < -0.3 is 4.74 Å². The summed E-state index contributed by atoms with van der Waals surface area (Å²) in [7, 11) is -3.87. The highest BCUT2D eigenvalue weighted by atomic mass is 32.2. The molecule has 0 atom stereocenters. The van der Waals surface area contributed by atoms with Crippen LogP contribution in [-0.2, 0) is 10.0 Å². The molecular weight excluding hydrogens is 440 g/mol. The normalized spacial score (nSPS) is 14.9. The Balaban J connectivity index is 1.75. The zero-order valence-electron chi connectivity index (χ0n) is 16.7. The maximum Gasteiger partial charge on any atom is 0.312 e. The topological polar surface area (TPSA) is 146 Å². The monoisotopic (exact) mass is 458 g/mol. The van der Waals surface area contributed by atoms with Gasteiger partial charge in [-0.3, -0.25) is 25.2 Å². The van der Waals surface area contributed by atoms with Crippen LogP contribution >= 0.6 is 0 Å². The first-order valence-corrected chi connectivity index (χ1v) is 11.2. The van der Waals surface area contributed by atoms with Crippen LogP contribution in [0.25, 0.3) is 10.9 Å². The van der Waals surface area contributed by atoms with Gasteiger partial charge in [-0.05, 0) is 43.2 Å². The second-order valence-electron chi connectivity index (χ2n) is 7.19. The molecule has 0 bridgehead atoms. The number of benzene rings is 2. The van der Waals surface area contributed by atoms with Gasteiger partial charge in [0.05, 0.1) is 20.1 Å². The Morgan fingerprint density at radius 3 is 2.28 bits per heavy atom. The quantitative estimate of drug-likeness (QED) is 0.398. The molecule has 166 valence electrons. The van der Waals surface area contributed by atoms with E-state index >= 15 is 0 Å². The van der Waals surface area contributed by atoms with Crippen LogP contribution in [0.5, 0.6) is 11.5 Å². The number of hydrogen-bond acceptors (Lipinski definition) is 8. The van der Waals surface area contributed by atoms with Gasteiger partial charge in [-0.1, -0.05) is 6.42 Å². The molecule has 2 aromatic carbocycles. The molecule has 0 saturated carbocycles. The van der Waals surface area contributed by atoms with E-state index in [1.165, 1.54) is 46.9 Å². The molecule has 2 heterocycles. The van der Waals surface area contributed by atoms with Gasteiger partial charge >= 0.3 is 5.69 Å². The number of rotatable bonds is 6. The highest BCUT2D eigenvalue weighted by Crippen LogP contribution is 2.38. The van der Waals surface area contributed by atoms with Gasteiger partial charge in [0, 0.05) is 31.4 Å². The molecule has 0 unspecified atom stereocenters. The molecule has 1 aliphatic rings. The highest BCUT2D eigenvalue weighted by molar-refractivity contribution is 7.89. The second-order valence-corrected chi connectivity index (χ2v) is 9.13. The number of nitro benzene ring substituents is 2. The van der Waals surface area contributed by atoms with Crippen molar-refractivity contribution in [3.8, 4) is 11.5 Å². The lowest BCUT2D eigenvalue weighted by atomic mass is 10.1. The number of sulfonamides is 1. The lowest BCUT2D eigenvalue weighted by Crippen LogP contribution is -2.35. The van der Waals surface area contributed by atoms with Crippen LogP contribution in [0.4, 0.5) is 11.4 Å². The smallest absolute Gasteiger partial charge is 0.312 e. The van der Waals surface area contributed by atoms with Crippen molar-refractivity contribution in [2.45, 2.75) is 24.2 Å². The Labute approximate surface area is 182 Å². The average Bonchev–Trinajstić information content (AvgIpc) is 2.79. The maximum atomic E-state index is 12.9. The molecule has 1 aromatic heterocycles. The van der Waals surface area contributed by atoms with Gasteiger partial charge in [-0.2, -0.15) is 4.31 Å². The third-order valence-corrected chi connectivity index (χ3v) is 7.10. The van der Waals surface area contributed by atoms with E-state index in [1.54, 1.807) is 0 Å². The average molecular weight is 458 g/mol. The molecule has 1 aliphatic heterocycles. The number of fused-ring (bicyclic) bond motifs is 1. The fourth-order valence-electron chi connectivity index (χ4n) is 3.63. The van der Waals surface area contributed by atoms with E-state index in [2.05, 4.69) is 4.98 Å². The van der Waals surface area contributed by atoms with Gasteiger partial charge in [0.1, 0.15) is 5.52 Å². The van der Waals surface area contributed by atoms with Gasteiger partial charge in [0.2, 0.25) is 15.8 Å². The Morgan fingerprint density at radius 2 is 1.59 bits per heavy atom. The van der Waals surface area contributed by atoms with Crippen molar-refractivity contribution in [2.75, 3.05) is 13.1 Å². The zero-order valence-corrected chi connectivity index (χ0v) is 17.5. The SMILES string of the molecule is O=[N+]([O-])c1cc(S(=O)(=O)N2CCCCC2)ccc1Oc1ccc([N+](=O)[O-])c2cccnc12. The number of hydrogen-bond donors (Lipinski definition) is 0. The first-order valence-electron chi connectivity index (χ1n) is 9.77. The van der Waals surface area contributed by atoms with E-state index in [0.717, 1.165) is 25.3 Å². The van der Waals surface area contributed by atoms with Crippen LogP contribution in [-0.4, -0.2) is 40.6 Å². The maximum absolute atomic E-state index is 12.9.